The van der Waals surface area contributed by atoms with Gasteiger partial charge in [-0.3, -0.25) is 0 Å². The van der Waals surface area contributed by atoms with Crippen molar-refractivity contribution in [2.45, 2.75) is 26.1 Å². The zero-order chi connectivity index (χ0) is 13.6. The smallest absolute Gasteiger partial charge is 0.422 e. The number of nitrogens with zero attached hydrogens (tertiary/aromatic N) is 1. The van der Waals surface area contributed by atoms with Gasteiger partial charge in [0.1, 0.15) is 0 Å². The number of nitrogens with one attached hydrogen (secondary N) is 1. The summed E-state index contributed by atoms with van der Waals surface area (Å²) < 4.78 is 41.6. The lowest BCUT2D eigenvalue weighted by molar-refractivity contribution is -0.154. The monoisotopic (exact) mass is 326 g/mol. The third-order valence-corrected chi connectivity index (χ3v) is 2.44. The summed E-state index contributed by atoms with van der Waals surface area (Å²) in [5.41, 5.74) is 0.599. The molecule has 0 aliphatic carbocycles. The van der Waals surface area contributed by atoms with Crippen molar-refractivity contribution in [3.05, 3.63) is 22.3 Å². The molecule has 0 aliphatic heterocycles. The molecule has 0 aliphatic rings. The Kier molecular flexibility index (Phi) is 5.87. The third kappa shape index (κ3) is 5.68. The van der Waals surface area contributed by atoms with Gasteiger partial charge in [-0.1, -0.05) is 6.92 Å². The van der Waals surface area contributed by atoms with Gasteiger partial charge < -0.3 is 10.1 Å². The highest BCUT2D eigenvalue weighted by Crippen LogP contribution is 2.22. The summed E-state index contributed by atoms with van der Waals surface area (Å²) in [7, 11) is 0. The molecule has 0 atom stereocenters. The van der Waals surface area contributed by atoms with Gasteiger partial charge >= 0.3 is 6.18 Å². The number of halogens is 4. The fourth-order valence-electron chi connectivity index (χ4n) is 1.28. The molecule has 0 saturated heterocycles. The number of hydrogen-bond donors (Lipinski definition) is 1. The molecule has 0 unspecified atom stereocenters. The Morgan fingerprint density at radius 1 is 1.44 bits per heavy atom. The van der Waals surface area contributed by atoms with Gasteiger partial charge in [0.05, 0.1) is 0 Å². The third-order valence-electron chi connectivity index (χ3n) is 2.01. The Morgan fingerprint density at radius 3 is 2.78 bits per heavy atom. The number of pyridine rings is 1. The molecule has 0 bridgehead atoms. The highest BCUT2D eigenvalue weighted by molar-refractivity contribution is 9.10. The van der Waals surface area contributed by atoms with Crippen LogP contribution in [0.2, 0.25) is 0 Å². The van der Waals surface area contributed by atoms with E-state index in [4.69, 9.17) is 4.74 Å². The Labute approximate surface area is 112 Å². The predicted molar refractivity (Wildman–Crippen MR) is 65.5 cm³/mol. The minimum atomic E-state index is -4.36. The van der Waals surface area contributed by atoms with Crippen LogP contribution in [0.3, 0.4) is 0 Å². The van der Waals surface area contributed by atoms with Crippen LogP contribution in [0, 0.1) is 0 Å². The van der Waals surface area contributed by atoms with Gasteiger partial charge in [-0.2, -0.15) is 13.2 Å². The molecule has 0 radical (unpaired) electrons. The normalized spacial score (nSPS) is 11.6. The minimum absolute atomic E-state index is 0.0131. The highest BCUT2D eigenvalue weighted by atomic mass is 79.9. The number of alkyl halides is 3. The van der Waals surface area contributed by atoms with E-state index >= 15 is 0 Å². The van der Waals surface area contributed by atoms with Gasteiger partial charge in [-0.15, -0.1) is 0 Å². The summed E-state index contributed by atoms with van der Waals surface area (Å²) >= 11 is 3.23. The van der Waals surface area contributed by atoms with Gasteiger partial charge in [-0.25, -0.2) is 4.98 Å². The van der Waals surface area contributed by atoms with Crippen molar-refractivity contribution < 1.29 is 17.9 Å². The summed E-state index contributed by atoms with van der Waals surface area (Å²) in [5.74, 6) is 0.0131. The summed E-state index contributed by atoms with van der Waals surface area (Å²) in [6.07, 6.45) is -2.00. The second-order valence-electron chi connectivity index (χ2n) is 3.70. The molecule has 1 rings (SSSR count). The second-order valence-corrected chi connectivity index (χ2v) is 4.61. The zero-order valence-electron chi connectivity index (χ0n) is 9.85. The van der Waals surface area contributed by atoms with Crippen molar-refractivity contribution in [1.29, 1.82) is 0 Å². The molecule has 3 nitrogen and oxygen atoms in total. The highest BCUT2D eigenvalue weighted by Gasteiger charge is 2.29. The first-order valence-electron chi connectivity index (χ1n) is 5.47. The minimum Gasteiger partial charge on any atom is -0.468 e. The molecule has 0 fully saturated rings. The number of aromatic nitrogens is 1. The molecule has 0 saturated carbocycles. The van der Waals surface area contributed by atoms with Crippen molar-refractivity contribution in [2.24, 2.45) is 0 Å². The maximum absolute atomic E-state index is 12.1. The van der Waals surface area contributed by atoms with Gasteiger partial charge in [0.15, 0.2) is 6.61 Å². The molecule has 1 aromatic rings. The molecule has 18 heavy (non-hydrogen) atoms. The molecule has 102 valence electrons. The SMILES string of the molecule is CCCNCc1cc(Br)cnc1OCC(F)(F)F. The molecule has 0 aromatic carbocycles. The summed E-state index contributed by atoms with van der Waals surface area (Å²) in [6.45, 7) is 1.88. The van der Waals surface area contributed by atoms with E-state index in [9.17, 15) is 13.2 Å². The average Bonchev–Trinajstić information content (AvgIpc) is 2.27. The van der Waals surface area contributed by atoms with Crippen LogP contribution in [0.4, 0.5) is 13.2 Å². The van der Waals surface area contributed by atoms with E-state index in [0.717, 1.165) is 13.0 Å². The van der Waals surface area contributed by atoms with E-state index in [1.54, 1.807) is 6.07 Å². The first-order chi connectivity index (χ1) is 8.42. The van der Waals surface area contributed by atoms with Crippen LogP contribution in [-0.2, 0) is 6.54 Å². The van der Waals surface area contributed by atoms with Crippen LogP contribution in [0.15, 0.2) is 16.7 Å². The Hall–Kier alpha value is -0.820. The van der Waals surface area contributed by atoms with Crippen LogP contribution in [0.5, 0.6) is 5.88 Å². The van der Waals surface area contributed by atoms with Crippen molar-refractivity contribution in [2.75, 3.05) is 13.2 Å². The lowest BCUT2D eigenvalue weighted by atomic mass is 10.2. The topological polar surface area (TPSA) is 34.2 Å². The van der Waals surface area contributed by atoms with Crippen LogP contribution in [-0.4, -0.2) is 24.3 Å². The van der Waals surface area contributed by atoms with Crippen LogP contribution >= 0.6 is 15.9 Å². The molecule has 1 N–H and O–H groups in total. The van der Waals surface area contributed by atoms with Crippen molar-refractivity contribution in [1.82, 2.24) is 10.3 Å². The number of hydrogen-bond acceptors (Lipinski definition) is 3. The second kappa shape index (κ2) is 6.94. The van der Waals surface area contributed by atoms with E-state index in [0.29, 0.717) is 16.6 Å². The van der Waals surface area contributed by atoms with Crippen molar-refractivity contribution in [3.63, 3.8) is 0 Å². The Balaban J connectivity index is 2.70. The lowest BCUT2D eigenvalue weighted by Crippen LogP contribution is -2.21. The molecule has 1 aromatic heterocycles. The maximum atomic E-state index is 12.1. The van der Waals surface area contributed by atoms with E-state index in [1.807, 2.05) is 6.92 Å². The summed E-state index contributed by atoms with van der Waals surface area (Å²) in [4.78, 5) is 3.85. The maximum Gasteiger partial charge on any atom is 0.422 e. The van der Waals surface area contributed by atoms with Crippen LogP contribution < -0.4 is 10.1 Å². The quantitative estimate of drug-likeness (QED) is 0.814. The van der Waals surface area contributed by atoms with Gasteiger partial charge in [0, 0.05) is 22.8 Å². The van der Waals surface area contributed by atoms with Crippen molar-refractivity contribution >= 4 is 15.9 Å². The standard InChI is InChI=1S/C11H14BrF3N2O/c1-2-3-16-5-8-4-9(12)6-17-10(8)18-7-11(13,14)15/h4,6,16H,2-3,5,7H2,1H3. The fourth-order valence-corrected chi connectivity index (χ4v) is 1.65. The molecule has 1 heterocycles. The molecule has 7 heteroatoms. The lowest BCUT2D eigenvalue weighted by Gasteiger charge is -2.12. The summed E-state index contributed by atoms with van der Waals surface area (Å²) in [5, 5.41) is 3.09. The van der Waals surface area contributed by atoms with E-state index in [1.165, 1.54) is 6.20 Å². The Morgan fingerprint density at radius 2 is 2.17 bits per heavy atom. The van der Waals surface area contributed by atoms with E-state index < -0.39 is 12.8 Å². The van der Waals surface area contributed by atoms with Gasteiger partial charge in [0.2, 0.25) is 5.88 Å². The zero-order valence-corrected chi connectivity index (χ0v) is 11.4. The first kappa shape index (κ1) is 15.2. The van der Waals surface area contributed by atoms with Gasteiger partial charge in [0.25, 0.3) is 0 Å². The van der Waals surface area contributed by atoms with Crippen molar-refractivity contribution in [3.8, 4) is 5.88 Å². The Bertz CT molecular complexity index is 385. The first-order valence-corrected chi connectivity index (χ1v) is 6.26. The number of rotatable bonds is 6. The van der Waals surface area contributed by atoms with E-state index in [-0.39, 0.29) is 5.88 Å². The largest absolute Gasteiger partial charge is 0.468 e. The molecule has 0 amide bonds. The summed E-state index contributed by atoms with van der Waals surface area (Å²) in [6, 6.07) is 1.70. The average molecular weight is 327 g/mol. The molecule has 0 spiro atoms. The fraction of sp³-hybridized carbons (Fsp3) is 0.545. The van der Waals surface area contributed by atoms with E-state index in [2.05, 4.69) is 26.2 Å². The predicted octanol–water partition coefficient (Wildman–Crippen LogP) is 3.28. The van der Waals surface area contributed by atoms with Crippen LogP contribution in [0.25, 0.3) is 0 Å². The number of ether oxygens (including phenoxy) is 1. The molecular formula is C11H14BrF3N2O. The molecular weight excluding hydrogens is 313 g/mol. The van der Waals surface area contributed by atoms with Gasteiger partial charge in [-0.05, 0) is 35.0 Å². The van der Waals surface area contributed by atoms with Crippen LogP contribution in [0.1, 0.15) is 18.9 Å².